The third-order valence-corrected chi connectivity index (χ3v) is 9.30. The third kappa shape index (κ3) is 4.96. The number of benzene rings is 3. The molecule has 1 aromatic heterocycles. The highest BCUT2D eigenvalue weighted by Gasteiger charge is 2.35. The number of piperazine rings is 1. The lowest BCUT2D eigenvalue weighted by atomic mass is 9.96. The van der Waals surface area contributed by atoms with Crippen molar-refractivity contribution in [2.45, 2.75) is 37.8 Å². The Labute approximate surface area is 244 Å². The molecule has 3 aliphatic rings. The number of piperidine rings is 1. The monoisotopic (exact) mass is 574 g/mol. The van der Waals surface area contributed by atoms with Crippen LogP contribution in [0.3, 0.4) is 0 Å². The molecule has 7 nitrogen and oxygen atoms in total. The van der Waals surface area contributed by atoms with Crippen molar-refractivity contribution in [3.63, 3.8) is 0 Å². The number of phenolic OH excluding ortho intramolecular Hbond substituents is 1. The van der Waals surface area contributed by atoms with Crippen molar-refractivity contribution >= 4 is 45.0 Å². The fourth-order valence-corrected chi connectivity index (χ4v) is 7.40. The van der Waals surface area contributed by atoms with Crippen LogP contribution in [0.25, 0.3) is 32.8 Å². The Kier molecular flexibility index (Phi) is 6.88. The minimum atomic E-state index is -0.478. The number of anilines is 2. The second kappa shape index (κ2) is 10.6. The van der Waals surface area contributed by atoms with Crippen LogP contribution in [0.15, 0.2) is 42.5 Å². The van der Waals surface area contributed by atoms with Crippen molar-refractivity contribution in [2.75, 3.05) is 56.6 Å². The number of fused-ring (bicyclic) bond motifs is 4. The number of phenols is 1. The van der Waals surface area contributed by atoms with Gasteiger partial charge in [0.25, 0.3) is 0 Å². The SMILES string of the molecule is CN(C)CC1CCN(c2nc(N3CC4CCC(C3)N4)c3cc(Cl)c(-c4cc(O)cc5ccccc45)c(F)c3n2)CC1. The van der Waals surface area contributed by atoms with Crippen molar-refractivity contribution in [1.29, 1.82) is 0 Å². The molecular formula is C32H36ClFN6O. The standard InChI is InChI=1S/C32H36ClFN6O/c1-38(2)16-19-9-11-39(12-10-19)32-36-30-26(31(37-32)40-17-21-7-8-22(18-40)35-21)15-27(33)28(29(30)34)25-14-23(41)13-20-5-3-4-6-24(20)25/h3-6,13-15,19,21-22,35,41H,7-12,16-18H2,1-2H3. The van der Waals surface area contributed by atoms with Crippen LogP contribution in [-0.4, -0.2) is 78.9 Å². The van der Waals surface area contributed by atoms with Crippen LogP contribution in [0.5, 0.6) is 5.75 Å². The maximum absolute atomic E-state index is 16.8. The van der Waals surface area contributed by atoms with Crippen LogP contribution >= 0.6 is 11.6 Å². The molecule has 214 valence electrons. The number of aromatic nitrogens is 2. The largest absolute Gasteiger partial charge is 0.508 e. The predicted molar refractivity (Wildman–Crippen MR) is 165 cm³/mol. The van der Waals surface area contributed by atoms with E-state index in [1.165, 1.54) is 0 Å². The molecule has 41 heavy (non-hydrogen) atoms. The summed E-state index contributed by atoms with van der Waals surface area (Å²) >= 11 is 6.90. The summed E-state index contributed by atoms with van der Waals surface area (Å²) in [7, 11) is 4.24. The molecule has 2 unspecified atom stereocenters. The quantitative estimate of drug-likeness (QED) is 0.318. The van der Waals surface area contributed by atoms with Gasteiger partial charge in [-0.3, -0.25) is 0 Å². The van der Waals surface area contributed by atoms with E-state index in [2.05, 4.69) is 34.1 Å². The Morgan fingerprint density at radius 1 is 0.976 bits per heavy atom. The molecule has 0 spiro atoms. The first kappa shape index (κ1) is 26.7. The Bertz CT molecular complexity index is 1610. The molecule has 4 heterocycles. The lowest BCUT2D eigenvalue weighted by Gasteiger charge is -2.36. The Morgan fingerprint density at radius 2 is 1.71 bits per heavy atom. The van der Waals surface area contributed by atoms with Crippen LogP contribution in [0.4, 0.5) is 16.2 Å². The van der Waals surface area contributed by atoms with E-state index < -0.39 is 5.82 Å². The minimum absolute atomic E-state index is 0.0650. The van der Waals surface area contributed by atoms with Gasteiger partial charge in [0.2, 0.25) is 5.95 Å². The van der Waals surface area contributed by atoms with E-state index in [-0.39, 0.29) is 21.9 Å². The Balaban J connectivity index is 1.38. The van der Waals surface area contributed by atoms with Crippen molar-refractivity contribution < 1.29 is 9.50 Å². The first-order valence-electron chi connectivity index (χ1n) is 14.7. The van der Waals surface area contributed by atoms with Crippen LogP contribution < -0.4 is 15.1 Å². The number of hydrogen-bond donors (Lipinski definition) is 2. The zero-order chi connectivity index (χ0) is 28.2. The molecule has 3 fully saturated rings. The molecule has 3 saturated heterocycles. The number of rotatable bonds is 5. The third-order valence-electron chi connectivity index (χ3n) is 9.00. The Hall–Kier alpha value is -3.20. The molecule has 7 rings (SSSR count). The topological polar surface area (TPSA) is 67.8 Å². The molecule has 3 aromatic carbocycles. The van der Waals surface area contributed by atoms with Gasteiger partial charge in [0, 0.05) is 55.8 Å². The maximum atomic E-state index is 16.8. The molecule has 0 radical (unpaired) electrons. The van der Waals surface area contributed by atoms with Gasteiger partial charge < -0.3 is 25.1 Å². The normalized spacial score (nSPS) is 21.5. The number of nitrogens with zero attached hydrogens (tertiary/aromatic N) is 5. The van der Waals surface area contributed by atoms with Gasteiger partial charge in [0.15, 0.2) is 5.82 Å². The van der Waals surface area contributed by atoms with E-state index in [1.807, 2.05) is 30.3 Å². The first-order valence-corrected chi connectivity index (χ1v) is 15.0. The first-order chi connectivity index (χ1) is 19.8. The number of nitrogens with one attached hydrogen (secondary N) is 1. The van der Waals surface area contributed by atoms with Crippen LogP contribution in [-0.2, 0) is 0 Å². The molecule has 0 saturated carbocycles. The minimum Gasteiger partial charge on any atom is -0.508 e. The van der Waals surface area contributed by atoms with Crippen molar-refractivity contribution in [1.82, 2.24) is 20.2 Å². The molecule has 0 aliphatic carbocycles. The molecule has 0 amide bonds. The predicted octanol–water partition coefficient (Wildman–Crippen LogP) is 5.67. The fraction of sp³-hybridized carbons (Fsp3) is 0.438. The lowest BCUT2D eigenvalue weighted by Crippen LogP contribution is -2.51. The molecule has 2 atom stereocenters. The average Bonchev–Trinajstić information content (AvgIpc) is 3.29. The van der Waals surface area contributed by atoms with Gasteiger partial charge in [0.1, 0.15) is 17.1 Å². The number of hydrogen-bond acceptors (Lipinski definition) is 7. The zero-order valence-electron chi connectivity index (χ0n) is 23.6. The summed E-state index contributed by atoms with van der Waals surface area (Å²) in [6, 6.07) is 13.5. The molecule has 4 aromatic rings. The summed E-state index contributed by atoms with van der Waals surface area (Å²) in [6.07, 6.45) is 4.38. The highest BCUT2D eigenvalue weighted by atomic mass is 35.5. The molecular weight excluding hydrogens is 539 g/mol. The summed E-state index contributed by atoms with van der Waals surface area (Å²) < 4.78 is 16.8. The highest BCUT2D eigenvalue weighted by molar-refractivity contribution is 6.35. The van der Waals surface area contributed by atoms with Gasteiger partial charge >= 0.3 is 0 Å². The van der Waals surface area contributed by atoms with E-state index in [0.29, 0.717) is 34.9 Å². The summed E-state index contributed by atoms with van der Waals surface area (Å²) in [5.74, 6) is 1.55. The van der Waals surface area contributed by atoms with Gasteiger partial charge in [-0.25, -0.2) is 9.37 Å². The molecule has 2 bridgehead atoms. The van der Waals surface area contributed by atoms with Gasteiger partial charge in [-0.1, -0.05) is 35.9 Å². The average molecular weight is 575 g/mol. The van der Waals surface area contributed by atoms with Crippen LogP contribution in [0.2, 0.25) is 5.02 Å². The van der Waals surface area contributed by atoms with Gasteiger partial charge in [-0.15, -0.1) is 0 Å². The van der Waals surface area contributed by atoms with Gasteiger partial charge in [-0.05, 0) is 80.2 Å². The van der Waals surface area contributed by atoms with E-state index in [0.717, 1.165) is 75.0 Å². The highest BCUT2D eigenvalue weighted by Crippen LogP contribution is 2.43. The fourth-order valence-electron chi connectivity index (χ4n) is 7.10. The lowest BCUT2D eigenvalue weighted by molar-refractivity contribution is 0.284. The second-order valence-electron chi connectivity index (χ2n) is 12.2. The van der Waals surface area contributed by atoms with Gasteiger partial charge in [0.05, 0.1) is 5.02 Å². The van der Waals surface area contributed by atoms with Crippen LogP contribution in [0, 0.1) is 11.7 Å². The van der Waals surface area contributed by atoms with Crippen molar-refractivity contribution in [3.05, 3.63) is 53.3 Å². The van der Waals surface area contributed by atoms with E-state index in [9.17, 15) is 5.11 Å². The summed E-state index contributed by atoms with van der Waals surface area (Å²) in [5, 5.41) is 16.8. The van der Waals surface area contributed by atoms with Crippen molar-refractivity contribution in [2.24, 2.45) is 5.92 Å². The summed E-state index contributed by atoms with van der Waals surface area (Å²) in [4.78, 5) is 16.8. The van der Waals surface area contributed by atoms with E-state index in [4.69, 9.17) is 21.6 Å². The summed E-state index contributed by atoms with van der Waals surface area (Å²) in [6.45, 7) is 4.40. The smallest absolute Gasteiger partial charge is 0.227 e. The molecule has 2 N–H and O–H groups in total. The molecule has 3 aliphatic heterocycles. The number of aromatic hydroxyl groups is 1. The zero-order valence-corrected chi connectivity index (χ0v) is 24.3. The van der Waals surface area contributed by atoms with E-state index >= 15 is 4.39 Å². The maximum Gasteiger partial charge on any atom is 0.227 e. The van der Waals surface area contributed by atoms with Gasteiger partial charge in [-0.2, -0.15) is 4.98 Å². The Morgan fingerprint density at radius 3 is 2.44 bits per heavy atom. The number of halogens is 2. The van der Waals surface area contributed by atoms with Crippen LogP contribution in [0.1, 0.15) is 25.7 Å². The van der Waals surface area contributed by atoms with E-state index in [1.54, 1.807) is 12.1 Å². The second-order valence-corrected chi connectivity index (χ2v) is 12.6. The van der Waals surface area contributed by atoms with Crippen molar-refractivity contribution in [3.8, 4) is 16.9 Å². The summed E-state index contributed by atoms with van der Waals surface area (Å²) in [5.41, 5.74) is 1.08. The molecule has 9 heteroatoms.